The van der Waals surface area contributed by atoms with Crippen molar-refractivity contribution in [3.63, 3.8) is 0 Å². The molecule has 1 saturated heterocycles. The lowest BCUT2D eigenvalue weighted by Crippen LogP contribution is -2.33. The number of rotatable bonds is 2. The monoisotopic (exact) mass is 238 g/mol. The molecule has 6 heteroatoms. The quantitative estimate of drug-likeness (QED) is 0.730. The van der Waals surface area contributed by atoms with Crippen LogP contribution in [0.1, 0.15) is 20.1 Å². The van der Waals surface area contributed by atoms with Gasteiger partial charge < -0.3 is 9.53 Å². The van der Waals surface area contributed by atoms with Gasteiger partial charge in [-0.05, 0) is 5.92 Å². The molecule has 0 unspecified atom stereocenters. The number of aromatic nitrogens is 2. The van der Waals surface area contributed by atoms with E-state index in [1.807, 2.05) is 13.8 Å². The Morgan fingerprint density at radius 3 is 2.59 bits per heavy atom. The molecular weight excluding hydrogens is 224 g/mol. The van der Waals surface area contributed by atoms with Gasteiger partial charge in [0.15, 0.2) is 0 Å². The van der Waals surface area contributed by atoms with Crippen LogP contribution in [0.5, 0.6) is 0 Å². The minimum absolute atomic E-state index is 0.0220. The van der Waals surface area contributed by atoms with Gasteiger partial charge in [0, 0.05) is 18.2 Å². The van der Waals surface area contributed by atoms with Gasteiger partial charge in [-0.1, -0.05) is 13.8 Å². The number of ether oxygens (including phenoxy) is 1. The lowest BCUT2D eigenvalue weighted by Gasteiger charge is -2.17. The summed E-state index contributed by atoms with van der Waals surface area (Å²) in [7, 11) is 0. The van der Waals surface area contributed by atoms with Crippen molar-refractivity contribution in [1.29, 1.82) is 0 Å². The number of nitrogens with one attached hydrogen (secondary N) is 1. The fourth-order valence-corrected chi connectivity index (χ4v) is 2.07. The maximum absolute atomic E-state index is 11.6. The second-order valence-corrected chi connectivity index (χ2v) is 4.36. The number of carbonyl (C=O) groups excluding carboxylic acids is 1. The van der Waals surface area contributed by atoms with Crippen LogP contribution in [0, 0.1) is 11.8 Å². The van der Waals surface area contributed by atoms with Crippen LogP contribution in [-0.2, 0) is 9.53 Å². The first-order chi connectivity index (χ1) is 8.04. The van der Waals surface area contributed by atoms with E-state index in [2.05, 4.69) is 4.98 Å². The topological polar surface area (TPSA) is 81.2 Å². The van der Waals surface area contributed by atoms with Crippen molar-refractivity contribution in [1.82, 2.24) is 9.55 Å². The zero-order chi connectivity index (χ0) is 12.6. The first kappa shape index (κ1) is 11.8. The summed E-state index contributed by atoms with van der Waals surface area (Å²) in [6, 6.07) is 1.26. The number of H-pyrrole nitrogens is 1. The highest BCUT2D eigenvalue weighted by molar-refractivity contribution is 5.57. The van der Waals surface area contributed by atoms with Crippen LogP contribution in [0.15, 0.2) is 21.9 Å². The Morgan fingerprint density at radius 2 is 2.06 bits per heavy atom. The lowest BCUT2D eigenvalue weighted by molar-refractivity contribution is -0.120. The highest BCUT2D eigenvalue weighted by Gasteiger charge is 2.40. The first-order valence-electron chi connectivity index (χ1n) is 5.47. The summed E-state index contributed by atoms with van der Waals surface area (Å²) in [5.74, 6) is 0.0603. The molecule has 1 aromatic heterocycles. The van der Waals surface area contributed by atoms with Gasteiger partial charge in [0.2, 0.25) is 0 Å². The second kappa shape index (κ2) is 4.29. The van der Waals surface area contributed by atoms with Crippen LogP contribution in [0.2, 0.25) is 0 Å². The summed E-state index contributed by atoms with van der Waals surface area (Å²) in [6.45, 7) is 3.82. The van der Waals surface area contributed by atoms with Crippen molar-refractivity contribution in [3.05, 3.63) is 33.1 Å². The van der Waals surface area contributed by atoms with Crippen LogP contribution >= 0.6 is 0 Å². The summed E-state index contributed by atoms with van der Waals surface area (Å²) in [6.07, 6.45) is 1.12. The second-order valence-electron chi connectivity index (χ2n) is 4.36. The van der Waals surface area contributed by atoms with Crippen molar-refractivity contribution in [3.8, 4) is 0 Å². The van der Waals surface area contributed by atoms with E-state index in [1.165, 1.54) is 16.8 Å². The molecule has 0 saturated carbocycles. The normalized spacial score (nSPS) is 32.6. The molecule has 0 radical (unpaired) electrons. The molecule has 1 aliphatic rings. The van der Waals surface area contributed by atoms with Gasteiger partial charge in [0.1, 0.15) is 18.6 Å². The molecule has 0 aromatic carbocycles. The van der Waals surface area contributed by atoms with E-state index in [-0.39, 0.29) is 11.8 Å². The van der Waals surface area contributed by atoms with E-state index >= 15 is 0 Å². The SMILES string of the molecule is C[C@H]1[C@H](C)[C@@H](C=O)O[C@H]1n1ccc(=O)[nH]c1=O. The minimum Gasteiger partial charge on any atom is -0.347 e. The van der Waals surface area contributed by atoms with Crippen LogP contribution in [-0.4, -0.2) is 21.9 Å². The molecule has 1 aromatic rings. The first-order valence-corrected chi connectivity index (χ1v) is 5.47. The van der Waals surface area contributed by atoms with E-state index in [0.717, 1.165) is 6.29 Å². The van der Waals surface area contributed by atoms with Gasteiger partial charge in [0.25, 0.3) is 5.56 Å². The molecule has 6 nitrogen and oxygen atoms in total. The molecule has 0 amide bonds. The molecule has 17 heavy (non-hydrogen) atoms. The number of nitrogens with zero attached hydrogens (tertiary/aromatic N) is 1. The summed E-state index contributed by atoms with van der Waals surface area (Å²) >= 11 is 0. The third-order valence-electron chi connectivity index (χ3n) is 3.35. The van der Waals surface area contributed by atoms with Gasteiger partial charge in [-0.25, -0.2) is 4.79 Å². The fourth-order valence-electron chi connectivity index (χ4n) is 2.07. The summed E-state index contributed by atoms with van der Waals surface area (Å²) in [5, 5.41) is 0. The minimum atomic E-state index is -0.520. The average Bonchev–Trinajstić information content (AvgIpc) is 2.57. The standard InChI is InChI=1S/C11H14N2O4/c1-6-7(2)10(17-8(6)5-14)13-4-3-9(15)12-11(13)16/h3-8,10H,1-2H3,(H,12,15,16)/t6-,7-,8+,10+/m0/s1. The van der Waals surface area contributed by atoms with Crippen molar-refractivity contribution in [2.75, 3.05) is 0 Å². The van der Waals surface area contributed by atoms with Gasteiger partial charge in [-0.15, -0.1) is 0 Å². The van der Waals surface area contributed by atoms with Crippen molar-refractivity contribution in [2.24, 2.45) is 11.8 Å². The third kappa shape index (κ3) is 1.95. The fraction of sp³-hybridized carbons (Fsp3) is 0.545. The predicted octanol–water partition coefficient (Wildman–Crippen LogP) is -0.0949. The summed E-state index contributed by atoms with van der Waals surface area (Å²) in [5.41, 5.74) is -0.968. The van der Waals surface area contributed by atoms with Crippen LogP contribution in [0.25, 0.3) is 0 Å². The van der Waals surface area contributed by atoms with Crippen molar-refractivity contribution >= 4 is 6.29 Å². The van der Waals surface area contributed by atoms with E-state index in [9.17, 15) is 14.4 Å². The molecule has 0 bridgehead atoms. The van der Waals surface area contributed by atoms with E-state index in [4.69, 9.17) is 4.74 Å². The number of hydrogen-bond donors (Lipinski definition) is 1. The van der Waals surface area contributed by atoms with Gasteiger partial charge in [-0.3, -0.25) is 14.3 Å². The Balaban J connectivity index is 2.38. The molecule has 1 N–H and O–H groups in total. The van der Waals surface area contributed by atoms with E-state index in [1.54, 1.807) is 0 Å². The smallest absolute Gasteiger partial charge is 0.330 e. The maximum atomic E-state index is 11.6. The number of aldehydes is 1. The average molecular weight is 238 g/mol. The van der Waals surface area contributed by atoms with Gasteiger partial charge >= 0.3 is 5.69 Å². The molecule has 0 spiro atoms. The van der Waals surface area contributed by atoms with Crippen molar-refractivity contribution in [2.45, 2.75) is 26.2 Å². The molecule has 1 aliphatic heterocycles. The Morgan fingerprint density at radius 1 is 1.35 bits per heavy atom. The molecule has 2 heterocycles. The largest absolute Gasteiger partial charge is 0.347 e. The molecule has 1 fully saturated rings. The summed E-state index contributed by atoms with van der Waals surface area (Å²) in [4.78, 5) is 35.5. The Labute approximate surface area is 97.2 Å². The van der Waals surface area contributed by atoms with Crippen LogP contribution in [0.3, 0.4) is 0 Å². The molecule has 2 rings (SSSR count). The number of aromatic amines is 1. The van der Waals surface area contributed by atoms with Gasteiger partial charge in [0.05, 0.1) is 0 Å². The molecular formula is C11H14N2O4. The Bertz CT molecular complexity index is 533. The zero-order valence-electron chi connectivity index (χ0n) is 9.62. The Kier molecular flexibility index (Phi) is 2.97. The van der Waals surface area contributed by atoms with Crippen LogP contribution in [0.4, 0.5) is 0 Å². The highest BCUT2D eigenvalue weighted by Crippen LogP contribution is 2.36. The van der Waals surface area contributed by atoms with Gasteiger partial charge in [-0.2, -0.15) is 0 Å². The lowest BCUT2D eigenvalue weighted by atomic mass is 9.93. The molecule has 92 valence electrons. The van der Waals surface area contributed by atoms with E-state index < -0.39 is 23.6 Å². The highest BCUT2D eigenvalue weighted by atomic mass is 16.5. The van der Waals surface area contributed by atoms with Crippen LogP contribution < -0.4 is 11.2 Å². The number of hydrogen-bond acceptors (Lipinski definition) is 4. The molecule has 4 atom stereocenters. The van der Waals surface area contributed by atoms with E-state index in [0.29, 0.717) is 0 Å². The van der Waals surface area contributed by atoms with Crippen molar-refractivity contribution < 1.29 is 9.53 Å². The number of carbonyl (C=O) groups is 1. The summed E-state index contributed by atoms with van der Waals surface area (Å²) < 4.78 is 6.83. The Hall–Kier alpha value is -1.69. The third-order valence-corrected chi connectivity index (χ3v) is 3.35. The maximum Gasteiger partial charge on any atom is 0.330 e. The predicted molar refractivity (Wildman–Crippen MR) is 59.6 cm³/mol. The zero-order valence-corrected chi connectivity index (χ0v) is 9.62. The molecule has 0 aliphatic carbocycles.